The van der Waals surface area contributed by atoms with Crippen molar-refractivity contribution in [1.29, 1.82) is 0 Å². The second kappa shape index (κ2) is 6.28. The van der Waals surface area contributed by atoms with E-state index >= 15 is 0 Å². The lowest BCUT2D eigenvalue weighted by atomic mass is 10.00. The summed E-state index contributed by atoms with van der Waals surface area (Å²) in [7, 11) is 0. The zero-order valence-electron chi connectivity index (χ0n) is 13.4. The molecule has 122 valence electrons. The molecule has 0 radical (unpaired) electrons. The quantitative estimate of drug-likeness (QED) is 0.689. The van der Waals surface area contributed by atoms with Gasteiger partial charge in [-0.05, 0) is 36.6 Å². The minimum atomic E-state index is -0.192. The molecule has 24 heavy (non-hydrogen) atoms. The van der Waals surface area contributed by atoms with Gasteiger partial charge in [0.05, 0.1) is 5.25 Å². The summed E-state index contributed by atoms with van der Waals surface area (Å²) in [6.45, 7) is 3.42. The van der Waals surface area contributed by atoms with Crippen LogP contribution in [0.4, 0.5) is 0 Å². The first-order valence-corrected chi connectivity index (χ1v) is 8.92. The number of carbonyl (C=O) groups excluding carboxylic acids is 1. The number of fused-ring (bicyclic) bond motifs is 2. The van der Waals surface area contributed by atoms with Crippen LogP contribution < -0.4 is 0 Å². The van der Waals surface area contributed by atoms with Crippen LogP contribution in [0.15, 0.2) is 53.8 Å². The number of amides is 1. The van der Waals surface area contributed by atoms with Crippen molar-refractivity contribution in [3.8, 4) is 0 Å². The molecule has 2 aromatic heterocycles. The van der Waals surface area contributed by atoms with Crippen LogP contribution in [-0.2, 0) is 17.8 Å². The van der Waals surface area contributed by atoms with Crippen LogP contribution in [0.1, 0.15) is 18.1 Å². The summed E-state index contributed by atoms with van der Waals surface area (Å²) in [5.74, 6) is 0.155. The Labute approximate surface area is 144 Å². The van der Waals surface area contributed by atoms with Gasteiger partial charge in [-0.3, -0.25) is 9.20 Å². The highest BCUT2D eigenvalue weighted by Gasteiger charge is 2.26. The van der Waals surface area contributed by atoms with Crippen molar-refractivity contribution in [3.05, 3.63) is 59.8 Å². The predicted molar refractivity (Wildman–Crippen MR) is 93.9 cm³/mol. The summed E-state index contributed by atoms with van der Waals surface area (Å²) < 4.78 is 1.92. The van der Waals surface area contributed by atoms with Gasteiger partial charge in [-0.15, -0.1) is 10.2 Å². The Morgan fingerprint density at radius 2 is 1.92 bits per heavy atom. The van der Waals surface area contributed by atoms with Gasteiger partial charge in [-0.2, -0.15) is 0 Å². The highest BCUT2D eigenvalue weighted by atomic mass is 32.2. The molecular weight excluding hydrogens is 320 g/mol. The second-order valence-corrected chi connectivity index (χ2v) is 7.26. The van der Waals surface area contributed by atoms with Gasteiger partial charge in [0.25, 0.3) is 0 Å². The monoisotopic (exact) mass is 338 g/mol. The molecule has 1 aliphatic heterocycles. The van der Waals surface area contributed by atoms with Crippen molar-refractivity contribution < 1.29 is 4.79 Å². The Morgan fingerprint density at radius 3 is 2.79 bits per heavy atom. The number of hydrogen-bond donors (Lipinski definition) is 0. The molecule has 4 rings (SSSR count). The van der Waals surface area contributed by atoms with Crippen LogP contribution in [0.2, 0.25) is 0 Å². The fourth-order valence-electron chi connectivity index (χ4n) is 3.05. The Morgan fingerprint density at radius 1 is 1.12 bits per heavy atom. The molecule has 0 saturated carbocycles. The summed E-state index contributed by atoms with van der Waals surface area (Å²) in [4.78, 5) is 14.8. The SMILES string of the molecule is C[C@H](Sc1nnc2ccccn12)C(=O)N1CCc2ccccc2C1. The van der Waals surface area contributed by atoms with E-state index in [9.17, 15) is 4.79 Å². The summed E-state index contributed by atoms with van der Waals surface area (Å²) in [6, 6.07) is 14.1. The Balaban J connectivity index is 1.49. The van der Waals surface area contributed by atoms with E-state index in [-0.39, 0.29) is 11.2 Å². The molecule has 1 amide bonds. The highest BCUT2D eigenvalue weighted by Crippen LogP contribution is 2.26. The first-order valence-electron chi connectivity index (χ1n) is 8.04. The summed E-state index contributed by atoms with van der Waals surface area (Å²) in [6.07, 6.45) is 2.85. The van der Waals surface area contributed by atoms with Gasteiger partial charge in [-0.25, -0.2) is 0 Å². The van der Waals surface area contributed by atoms with E-state index in [0.717, 1.165) is 23.8 Å². The number of carbonyl (C=O) groups is 1. The first-order chi connectivity index (χ1) is 11.7. The zero-order valence-corrected chi connectivity index (χ0v) is 14.2. The molecule has 3 aromatic rings. The van der Waals surface area contributed by atoms with E-state index in [1.165, 1.54) is 22.9 Å². The van der Waals surface area contributed by atoms with Crippen molar-refractivity contribution in [1.82, 2.24) is 19.5 Å². The Hall–Kier alpha value is -2.34. The molecule has 1 atom stereocenters. The molecule has 3 heterocycles. The Kier molecular flexibility index (Phi) is 3.98. The minimum absolute atomic E-state index is 0.155. The van der Waals surface area contributed by atoms with Gasteiger partial charge in [0.15, 0.2) is 10.8 Å². The van der Waals surface area contributed by atoms with Crippen LogP contribution >= 0.6 is 11.8 Å². The number of aromatic nitrogens is 3. The fourth-order valence-corrected chi connectivity index (χ4v) is 3.97. The van der Waals surface area contributed by atoms with Gasteiger partial charge >= 0.3 is 0 Å². The molecule has 5 nitrogen and oxygen atoms in total. The van der Waals surface area contributed by atoms with Crippen molar-refractivity contribution in [2.75, 3.05) is 6.54 Å². The third-order valence-electron chi connectivity index (χ3n) is 4.35. The lowest BCUT2D eigenvalue weighted by Crippen LogP contribution is -2.40. The molecule has 0 spiro atoms. The Bertz CT molecular complexity index is 891. The van der Waals surface area contributed by atoms with E-state index in [4.69, 9.17) is 0 Å². The van der Waals surface area contributed by atoms with Crippen molar-refractivity contribution in [2.24, 2.45) is 0 Å². The molecule has 1 aromatic carbocycles. The maximum Gasteiger partial charge on any atom is 0.236 e. The number of benzene rings is 1. The number of pyridine rings is 1. The molecule has 0 saturated heterocycles. The lowest BCUT2D eigenvalue weighted by Gasteiger charge is -2.30. The minimum Gasteiger partial charge on any atom is -0.337 e. The summed E-state index contributed by atoms with van der Waals surface area (Å²) >= 11 is 1.46. The van der Waals surface area contributed by atoms with E-state index < -0.39 is 0 Å². The maximum absolute atomic E-state index is 12.8. The molecule has 0 aliphatic carbocycles. The standard InChI is InChI=1S/C18H18N4OS/c1-13(24-18-20-19-16-8-4-5-10-22(16)18)17(23)21-11-9-14-6-2-3-7-15(14)12-21/h2-8,10,13H,9,11-12H2,1H3/t13-/m0/s1. The molecule has 0 fully saturated rings. The smallest absolute Gasteiger partial charge is 0.236 e. The third kappa shape index (κ3) is 2.78. The zero-order chi connectivity index (χ0) is 16.5. The van der Waals surface area contributed by atoms with Crippen LogP contribution in [0.5, 0.6) is 0 Å². The molecule has 0 unspecified atom stereocenters. The molecule has 0 N–H and O–H groups in total. The van der Waals surface area contributed by atoms with Gasteiger partial charge in [0.1, 0.15) is 0 Å². The second-order valence-electron chi connectivity index (χ2n) is 5.95. The predicted octanol–water partition coefficient (Wildman–Crippen LogP) is 2.79. The molecule has 0 bridgehead atoms. The largest absolute Gasteiger partial charge is 0.337 e. The van der Waals surface area contributed by atoms with Gasteiger partial charge in [0.2, 0.25) is 5.91 Å². The van der Waals surface area contributed by atoms with Crippen molar-refractivity contribution in [3.63, 3.8) is 0 Å². The molecule has 1 aliphatic rings. The van der Waals surface area contributed by atoms with Crippen LogP contribution in [0, 0.1) is 0 Å². The van der Waals surface area contributed by atoms with Crippen molar-refractivity contribution in [2.45, 2.75) is 30.3 Å². The molecule has 6 heteroatoms. The topological polar surface area (TPSA) is 50.5 Å². The van der Waals surface area contributed by atoms with Crippen LogP contribution in [0.3, 0.4) is 0 Å². The average Bonchev–Trinajstić information content (AvgIpc) is 3.03. The normalized spacial score (nSPS) is 15.3. The van der Waals surface area contributed by atoms with Gasteiger partial charge < -0.3 is 4.90 Å². The third-order valence-corrected chi connectivity index (χ3v) is 5.40. The average molecular weight is 338 g/mol. The van der Waals surface area contributed by atoms with Crippen LogP contribution in [-0.4, -0.2) is 37.2 Å². The van der Waals surface area contributed by atoms with E-state index in [2.05, 4.69) is 28.4 Å². The summed E-state index contributed by atoms with van der Waals surface area (Å²) in [5.41, 5.74) is 3.40. The summed E-state index contributed by atoms with van der Waals surface area (Å²) in [5, 5.41) is 8.91. The lowest BCUT2D eigenvalue weighted by molar-refractivity contribution is -0.131. The van der Waals surface area contributed by atoms with Crippen molar-refractivity contribution >= 4 is 23.3 Å². The number of nitrogens with zero attached hydrogens (tertiary/aromatic N) is 4. The van der Waals surface area contributed by atoms with Crippen LogP contribution in [0.25, 0.3) is 5.65 Å². The number of thioether (sulfide) groups is 1. The van der Waals surface area contributed by atoms with E-state index in [1.807, 2.05) is 46.7 Å². The van der Waals surface area contributed by atoms with Gasteiger partial charge in [0, 0.05) is 19.3 Å². The number of hydrogen-bond acceptors (Lipinski definition) is 4. The van der Waals surface area contributed by atoms with E-state index in [1.54, 1.807) is 0 Å². The van der Waals surface area contributed by atoms with E-state index in [0.29, 0.717) is 6.54 Å². The maximum atomic E-state index is 12.8. The fraction of sp³-hybridized carbons (Fsp3) is 0.278. The number of rotatable bonds is 3. The molecular formula is C18H18N4OS. The first kappa shape index (κ1) is 15.2. The highest BCUT2D eigenvalue weighted by molar-refractivity contribution is 8.00. The van der Waals surface area contributed by atoms with Gasteiger partial charge in [-0.1, -0.05) is 42.1 Å².